The van der Waals surface area contributed by atoms with E-state index < -0.39 is 16.2 Å². The van der Waals surface area contributed by atoms with Crippen LogP contribution < -0.4 is 37.5 Å². The van der Waals surface area contributed by atoms with Crippen LogP contribution in [0.2, 0.25) is 0 Å². The minimum atomic E-state index is -3.97. The number of urea groups is 1. The summed E-state index contributed by atoms with van der Waals surface area (Å²) < 4.78 is 25.8. The van der Waals surface area contributed by atoms with Crippen LogP contribution >= 0.6 is 36.4 Å². The van der Waals surface area contributed by atoms with Gasteiger partial charge in [0.2, 0.25) is 5.84 Å². The third-order valence-electron chi connectivity index (χ3n) is 13.2. The maximum atomic E-state index is 11.7. The molecular formula is C105H145ClN12O4S3. The number of thioether (sulfide) groups is 1. The minimum Gasteiger partial charge on any atom is -0.351 e. The molecule has 3 amide bonds. The van der Waals surface area contributed by atoms with Gasteiger partial charge in [0.1, 0.15) is 21.0 Å². The van der Waals surface area contributed by atoms with Crippen molar-refractivity contribution in [3.8, 4) is 0 Å². The molecule has 12 aromatic carbocycles. The van der Waals surface area contributed by atoms with Crippen molar-refractivity contribution in [1.29, 1.82) is 0 Å². The molecule has 0 aliphatic heterocycles. The number of benzene rings is 12. The summed E-state index contributed by atoms with van der Waals surface area (Å²) in [6.45, 7) is 54.8. The Morgan fingerprint density at radius 2 is 0.552 bits per heavy atom. The summed E-state index contributed by atoms with van der Waals surface area (Å²) in [5, 5.41) is 24.4. The van der Waals surface area contributed by atoms with Crippen molar-refractivity contribution in [1.82, 2.24) is 5.32 Å². The molecular weight excluding hydrogens is 1620 g/mol. The summed E-state index contributed by atoms with van der Waals surface area (Å²) in [6, 6.07) is 114. The van der Waals surface area contributed by atoms with E-state index in [1.807, 2.05) is 482 Å². The molecule has 125 heavy (non-hydrogen) atoms. The molecule has 12 rings (SSSR count). The number of halogens is 1. The van der Waals surface area contributed by atoms with Crippen LogP contribution in [0.5, 0.6) is 0 Å². The van der Waals surface area contributed by atoms with Crippen molar-refractivity contribution in [2.24, 2.45) is 30.4 Å². The van der Waals surface area contributed by atoms with Gasteiger partial charge in [-0.05, 0) is 91.2 Å². The van der Waals surface area contributed by atoms with Gasteiger partial charge in [-0.25, -0.2) is 19.9 Å². The van der Waals surface area contributed by atoms with Gasteiger partial charge in [-0.15, -0.1) is 33.5 Å². The number of nitrogens with one attached hydrogen (secondary N) is 5. The monoisotopic (exact) mass is 1770 g/mol. The molecule has 0 bridgehead atoms. The SMILES string of the molecule is CC.CC.CC.CC.CC.CC.CC.CC.CC.CC.CC.CC.CSC(=Nc1ccccc1)c1ccccc1.Cl.NC(=O)NC(=Nc1ccccc1)c1ccccc1.NS(=O)(=O)N=C(Nc1ccccc1)c1ccccc1.O=C(Nc1ccccc1)c1ccccc1.S=C(Nc1ccccc1)c1ccccc1.[C-]#[N+]/N=C(/Nc1ccccc1)c1ccccc1. The first-order chi connectivity index (χ1) is 60.8. The Morgan fingerprint density at radius 3 is 0.840 bits per heavy atom. The van der Waals surface area contributed by atoms with Crippen LogP contribution in [0, 0.1) is 6.57 Å². The van der Waals surface area contributed by atoms with Gasteiger partial charge in [0.15, 0.2) is 5.84 Å². The van der Waals surface area contributed by atoms with Gasteiger partial charge in [-0.3, -0.25) is 10.1 Å². The zero-order valence-corrected chi connectivity index (χ0v) is 82.1. The van der Waals surface area contributed by atoms with Gasteiger partial charge in [0.25, 0.3) is 5.91 Å². The second-order valence-electron chi connectivity index (χ2n) is 20.6. The Morgan fingerprint density at radius 1 is 0.320 bits per heavy atom. The van der Waals surface area contributed by atoms with E-state index in [-0.39, 0.29) is 24.1 Å². The third-order valence-corrected chi connectivity index (χ3v) is 14.6. The third kappa shape index (κ3) is 63.2. The number of aliphatic imine (C=N–C) groups is 2. The van der Waals surface area contributed by atoms with Gasteiger partial charge in [0, 0.05) is 56.1 Å². The number of amides is 3. The van der Waals surface area contributed by atoms with E-state index >= 15 is 0 Å². The fraction of sp³-hybridized carbons (Fsp3) is 0.238. The van der Waals surface area contributed by atoms with Gasteiger partial charge >= 0.3 is 16.2 Å². The van der Waals surface area contributed by atoms with Crippen LogP contribution in [-0.4, -0.2) is 54.2 Å². The molecule has 12 aromatic rings. The zero-order valence-electron chi connectivity index (χ0n) is 78.8. The van der Waals surface area contributed by atoms with Crippen molar-refractivity contribution < 1.29 is 18.0 Å². The lowest BCUT2D eigenvalue weighted by Gasteiger charge is -2.09. The number of carbonyl (C=O) groups is 2. The molecule has 0 atom stereocenters. The predicted molar refractivity (Wildman–Crippen MR) is 563 cm³/mol. The molecule has 16 nitrogen and oxygen atoms in total. The molecule has 0 aliphatic rings. The number of para-hydroxylation sites is 6. The maximum Gasteiger partial charge on any atom is 0.319 e. The summed E-state index contributed by atoms with van der Waals surface area (Å²) in [5.41, 5.74) is 15.6. The molecule has 0 heterocycles. The zero-order chi connectivity index (χ0) is 94.7. The number of nitrogens with zero attached hydrogens (tertiary/aromatic N) is 5. The van der Waals surface area contributed by atoms with Gasteiger partial charge in [-0.2, -0.15) is 15.0 Å². The summed E-state index contributed by atoms with van der Waals surface area (Å²) in [4.78, 5) is 35.5. The Bertz CT molecular complexity index is 4580. The van der Waals surface area contributed by atoms with Crippen molar-refractivity contribution in [2.45, 2.75) is 166 Å². The van der Waals surface area contributed by atoms with Crippen molar-refractivity contribution in [3.05, 3.63) is 409 Å². The van der Waals surface area contributed by atoms with Gasteiger partial charge in [0.05, 0.1) is 11.4 Å². The molecule has 0 unspecified atom stereocenters. The smallest absolute Gasteiger partial charge is 0.319 e. The first kappa shape index (κ1) is 126. The number of amidine groups is 3. The highest BCUT2D eigenvalue weighted by atomic mass is 35.5. The van der Waals surface area contributed by atoms with Crippen LogP contribution in [0.1, 0.15) is 204 Å². The Kier molecular flexibility index (Phi) is 92.9. The van der Waals surface area contributed by atoms with E-state index in [1.165, 1.54) is 5.56 Å². The van der Waals surface area contributed by atoms with E-state index in [0.717, 1.165) is 60.8 Å². The average molecular weight is 1770 g/mol. The highest BCUT2D eigenvalue weighted by Crippen LogP contribution is 2.20. The number of thiocarbonyl (C=S) groups is 1. The highest BCUT2D eigenvalue weighted by molar-refractivity contribution is 8.13. The normalized spacial score (nSPS) is 9.22. The van der Waals surface area contributed by atoms with Crippen LogP contribution in [0.25, 0.3) is 4.95 Å². The molecule has 0 saturated heterocycles. The molecule has 0 spiro atoms. The largest absolute Gasteiger partial charge is 0.351 e. The number of hydrogen-bond acceptors (Lipinski definition) is 9. The lowest BCUT2D eigenvalue weighted by atomic mass is 10.2. The molecule has 674 valence electrons. The van der Waals surface area contributed by atoms with Crippen LogP contribution in [0.15, 0.2) is 383 Å². The van der Waals surface area contributed by atoms with E-state index in [2.05, 4.69) is 69.4 Å². The topological polar surface area (TPSA) is 234 Å². The lowest BCUT2D eigenvalue weighted by molar-refractivity contribution is 0.102. The fourth-order valence-electron chi connectivity index (χ4n) is 8.55. The lowest BCUT2D eigenvalue weighted by Crippen LogP contribution is -2.35. The van der Waals surface area contributed by atoms with Crippen LogP contribution in [0.3, 0.4) is 0 Å². The van der Waals surface area contributed by atoms with Crippen molar-refractivity contribution in [3.63, 3.8) is 0 Å². The van der Waals surface area contributed by atoms with Crippen LogP contribution in [-0.2, 0) is 10.2 Å². The summed E-state index contributed by atoms with van der Waals surface area (Å²) in [5.74, 6) is 1.11. The number of carbonyl (C=O) groups excluding carboxylic acids is 2. The Hall–Kier alpha value is -12.4. The second kappa shape index (κ2) is 92.3. The number of anilines is 4. The number of primary amides is 1. The number of nitrogens with two attached hydrogens (primary N) is 2. The Balaban J connectivity index is -0.000000254. The average Bonchev–Trinajstić information content (AvgIpc) is 0.896. The quantitative estimate of drug-likeness (QED) is 0.0191. The number of rotatable bonds is 13. The van der Waals surface area contributed by atoms with Crippen molar-refractivity contribution >= 4 is 120 Å². The molecule has 0 aliphatic carbocycles. The summed E-state index contributed by atoms with van der Waals surface area (Å²) in [6.07, 6.45) is 2.05. The Labute approximate surface area is 771 Å². The van der Waals surface area contributed by atoms with Gasteiger partial charge < -0.3 is 27.0 Å². The first-order valence-electron chi connectivity index (χ1n) is 43.0. The number of hydrogen-bond donors (Lipinski definition) is 7. The highest BCUT2D eigenvalue weighted by Gasteiger charge is 2.11. The molecule has 0 aromatic heterocycles. The van der Waals surface area contributed by atoms with E-state index in [9.17, 15) is 18.0 Å². The first-order valence-corrected chi connectivity index (χ1v) is 46.1. The fourth-order valence-corrected chi connectivity index (χ4v) is 9.78. The van der Waals surface area contributed by atoms with Crippen LogP contribution in [0.4, 0.5) is 38.9 Å². The molecule has 0 radical (unpaired) electrons. The molecule has 20 heteroatoms. The van der Waals surface area contributed by atoms with E-state index in [4.69, 9.17) is 29.7 Å². The van der Waals surface area contributed by atoms with E-state index in [0.29, 0.717) is 22.8 Å². The molecule has 0 saturated carbocycles. The maximum absolute atomic E-state index is 11.7. The second-order valence-corrected chi connectivity index (χ2v) is 23.0. The summed E-state index contributed by atoms with van der Waals surface area (Å²) in [7, 11) is -3.97. The summed E-state index contributed by atoms with van der Waals surface area (Å²) >= 11 is 6.96. The van der Waals surface area contributed by atoms with E-state index in [1.54, 1.807) is 48.2 Å². The minimum absolute atomic E-state index is 0. The van der Waals surface area contributed by atoms with Crippen molar-refractivity contribution in [2.75, 3.05) is 27.5 Å². The van der Waals surface area contributed by atoms with Gasteiger partial charge in [-0.1, -0.05) is 457 Å². The molecule has 9 N–H and O–H groups in total. The molecule has 0 fully saturated rings. The standard InChI is InChI=1S/C14H13N3O.C14H11N3.C14H13NS.C13H13N3O2S.C13H11NO.C13H11NS.12C2H6.ClH/c15-14(18)17-13(11-7-3-1-4-8-11)16-12-9-5-2-6-10-12;1-15-17-14(12-8-4-2-5-9-12)16-13-10-6-3-7-11-13;1-16-14(12-8-4-2-5-9-12)15-13-10-6-3-7-11-13;14-19(17,18)16-13(11-7-3-1-4-8-11)15-12-9-5-2-6-10-12;2*15-13(11-7-3-1-4-8-11)14-12-9-5-2-6-10-12;12*1-2;/h1-10H,(H3,15,16,17,18);2-11H,(H,16,17);2-11H,1H3;1-10H,(H,15,16)(H2,14,17,18);2*1-10H,(H,14,15);12*1-2H3;1H. The predicted octanol–water partition coefficient (Wildman–Crippen LogP) is 30.8.